The Hall–Kier alpha value is -3.29. The number of nitrogens with zero attached hydrogens (tertiary/aromatic N) is 1. The predicted octanol–water partition coefficient (Wildman–Crippen LogP) is 5.03. The molecule has 2 saturated heterocycles. The Labute approximate surface area is 223 Å². The Morgan fingerprint density at radius 2 is 1.73 bits per heavy atom. The van der Waals surface area contributed by atoms with Gasteiger partial charge in [-0.3, -0.25) is 19.3 Å². The standard InChI is InChI=1S/C30H26BrN3O3/c1-2-17-7-5-9-21-25(17)33-28(37)30(21)29(20-8-3-4-10-22(20)32-27(29)36)24(23-11-6-16-34(23)30)26(35)18-12-14-19(31)15-13-18/h3-5,7-10,12-15,23-24H,2,6,11,16H2,1H3,(H,32,36)(H,33,37)/t23-,24-,29-,30+/m1/s1. The highest BCUT2D eigenvalue weighted by Gasteiger charge is 2.81. The molecule has 7 rings (SSSR count). The van der Waals surface area contributed by atoms with Crippen molar-refractivity contribution in [3.8, 4) is 0 Å². The lowest BCUT2D eigenvalue weighted by Crippen LogP contribution is -2.62. The number of fused-ring (bicyclic) bond motifs is 7. The molecule has 0 unspecified atom stereocenters. The second-order valence-electron chi connectivity index (χ2n) is 10.4. The first-order valence-corrected chi connectivity index (χ1v) is 13.7. The molecular formula is C30H26BrN3O3. The summed E-state index contributed by atoms with van der Waals surface area (Å²) in [5.74, 6) is -1.31. The van der Waals surface area contributed by atoms with Crippen LogP contribution in [0.2, 0.25) is 0 Å². The van der Waals surface area contributed by atoms with Crippen LogP contribution in [0.25, 0.3) is 0 Å². The van der Waals surface area contributed by atoms with Crippen LogP contribution < -0.4 is 10.6 Å². The van der Waals surface area contributed by atoms with Gasteiger partial charge in [-0.15, -0.1) is 0 Å². The summed E-state index contributed by atoms with van der Waals surface area (Å²) in [6, 6.07) is 20.6. The van der Waals surface area contributed by atoms with E-state index in [1.807, 2.05) is 54.6 Å². The van der Waals surface area contributed by atoms with Crippen LogP contribution in [0.4, 0.5) is 11.4 Å². The van der Waals surface area contributed by atoms with Crippen LogP contribution in [0.15, 0.2) is 71.2 Å². The number of rotatable bonds is 3. The number of anilines is 2. The Kier molecular flexibility index (Phi) is 4.86. The molecular weight excluding hydrogens is 530 g/mol. The third-order valence-electron chi connectivity index (χ3n) is 9.01. The third kappa shape index (κ3) is 2.61. The van der Waals surface area contributed by atoms with Crippen molar-refractivity contribution in [3.63, 3.8) is 0 Å². The van der Waals surface area contributed by atoms with E-state index in [2.05, 4.69) is 38.4 Å². The molecule has 4 aliphatic heterocycles. The third-order valence-corrected chi connectivity index (χ3v) is 9.54. The molecule has 3 aromatic carbocycles. The lowest BCUT2D eigenvalue weighted by Gasteiger charge is -2.43. The van der Waals surface area contributed by atoms with Crippen molar-refractivity contribution >= 4 is 44.9 Å². The van der Waals surface area contributed by atoms with Gasteiger partial charge in [0.05, 0.1) is 5.92 Å². The smallest absolute Gasteiger partial charge is 0.251 e. The maximum Gasteiger partial charge on any atom is 0.251 e. The predicted molar refractivity (Wildman–Crippen MR) is 145 cm³/mol. The zero-order chi connectivity index (χ0) is 25.5. The van der Waals surface area contributed by atoms with Gasteiger partial charge in [-0.2, -0.15) is 0 Å². The number of para-hydroxylation sites is 2. The number of carbonyl (C=O) groups is 3. The summed E-state index contributed by atoms with van der Waals surface area (Å²) in [7, 11) is 0. The SMILES string of the molecule is CCc1cccc2c1NC(=O)[C@@]21N2CCC[C@@H]2[C@H](C(=O)c2ccc(Br)cc2)[C@]12C(=O)Nc1ccccc12. The van der Waals surface area contributed by atoms with E-state index in [0.717, 1.165) is 46.1 Å². The summed E-state index contributed by atoms with van der Waals surface area (Å²) >= 11 is 3.47. The number of benzene rings is 3. The summed E-state index contributed by atoms with van der Waals surface area (Å²) in [5.41, 5.74) is 1.86. The second-order valence-corrected chi connectivity index (χ2v) is 11.3. The van der Waals surface area contributed by atoms with Gasteiger partial charge in [0.2, 0.25) is 5.91 Å². The molecule has 2 N–H and O–H groups in total. The van der Waals surface area contributed by atoms with Crippen molar-refractivity contribution < 1.29 is 14.4 Å². The Morgan fingerprint density at radius 3 is 2.51 bits per heavy atom. The van der Waals surface area contributed by atoms with Crippen molar-refractivity contribution in [1.29, 1.82) is 0 Å². The molecule has 7 heteroatoms. The minimum Gasteiger partial charge on any atom is -0.325 e. The van der Waals surface area contributed by atoms with Gasteiger partial charge in [-0.25, -0.2) is 0 Å². The lowest BCUT2D eigenvalue weighted by atomic mass is 9.57. The molecule has 0 aliphatic carbocycles. The van der Waals surface area contributed by atoms with Gasteiger partial charge in [0.1, 0.15) is 11.0 Å². The van der Waals surface area contributed by atoms with E-state index in [1.54, 1.807) is 12.1 Å². The molecule has 2 fully saturated rings. The Morgan fingerprint density at radius 1 is 0.973 bits per heavy atom. The lowest BCUT2D eigenvalue weighted by molar-refractivity contribution is -0.137. The molecule has 4 atom stereocenters. The molecule has 37 heavy (non-hydrogen) atoms. The van der Waals surface area contributed by atoms with E-state index >= 15 is 0 Å². The number of hydrogen-bond donors (Lipinski definition) is 2. The average Bonchev–Trinajstić information content (AvgIpc) is 3.62. The summed E-state index contributed by atoms with van der Waals surface area (Å²) in [6.45, 7) is 2.71. The van der Waals surface area contributed by atoms with E-state index < -0.39 is 16.9 Å². The van der Waals surface area contributed by atoms with Crippen LogP contribution >= 0.6 is 15.9 Å². The summed E-state index contributed by atoms with van der Waals surface area (Å²) in [4.78, 5) is 45.7. The van der Waals surface area contributed by atoms with E-state index in [1.165, 1.54) is 0 Å². The molecule has 2 amide bonds. The fraction of sp³-hybridized carbons (Fsp3) is 0.300. The number of nitrogens with one attached hydrogen (secondary N) is 2. The summed E-state index contributed by atoms with van der Waals surface area (Å²) in [5, 5.41) is 6.28. The topological polar surface area (TPSA) is 78.5 Å². The number of Topliss-reactive ketones (excluding diaryl/α,β-unsaturated/α-hetero) is 1. The zero-order valence-electron chi connectivity index (χ0n) is 20.4. The average molecular weight is 556 g/mol. The first kappa shape index (κ1) is 22.9. The van der Waals surface area contributed by atoms with Crippen molar-refractivity contribution in [1.82, 2.24) is 4.90 Å². The molecule has 0 radical (unpaired) electrons. The van der Waals surface area contributed by atoms with Crippen LogP contribution in [0.5, 0.6) is 0 Å². The molecule has 2 spiro atoms. The number of aryl methyl sites for hydroxylation is 1. The second kappa shape index (κ2) is 7.85. The summed E-state index contributed by atoms with van der Waals surface area (Å²) in [6.07, 6.45) is 2.37. The normalized spacial score (nSPS) is 29.4. The van der Waals surface area contributed by atoms with Gasteiger partial charge in [-0.05, 0) is 55.1 Å². The van der Waals surface area contributed by atoms with Crippen molar-refractivity contribution in [2.45, 2.75) is 43.2 Å². The van der Waals surface area contributed by atoms with Crippen LogP contribution in [-0.2, 0) is 27.0 Å². The fourth-order valence-electron chi connectivity index (χ4n) is 7.75. The van der Waals surface area contributed by atoms with Gasteiger partial charge in [0.25, 0.3) is 5.91 Å². The van der Waals surface area contributed by atoms with Gasteiger partial charge in [0.15, 0.2) is 5.78 Å². The zero-order valence-corrected chi connectivity index (χ0v) is 22.0. The number of ketones is 1. The first-order valence-electron chi connectivity index (χ1n) is 12.9. The molecule has 0 saturated carbocycles. The van der Waals surface area contributed by atoms with Gasteiger partial charge >= 0.3 is 0 Å². The van der Waals surface area contributed by atoms with Crippen LogP contribution in [0.1, 0.15) is 46.8 Å². The van der Waals surface area contributed by atoms with Crippen molar-refractivity contribution in [2.24, 2.45) is 5.92 Å². The Bertz CT molecular complexity index is 1500. The van der Waals surface area contributed by atoms with Gasteiger partial charge in [0, 0.05) is 33.0 Å². The quantitative estimate of drug-likeness (QED) is 0.444. The largest absolute Gasteiger partial charge is 0.325 e. The van der Waals surface area contributed by atoms with Gasteiger partial charge in [-0.1, -0.05) is 71.4 Å². The Balaban J connectivity index is 1.59. The van der Waals surface area contributed by atoms with Crippen molar-refractivity contribution in [2.75, 3.05) is 17.2 Å². The van der Waals surface area contributed by atoms with Crippen LogP contribution in [0, 0.1) is 5.92 Å². The number of amides is 2. The van der Waals surface area contributed by atoms with Crippen LogP contribution in [-0.4, -0.2) is 35.1 Å². The molecule has 4 heterocycles. The number of halogens is 1. The van der Waals surface area contributed by atoms with Crippen LogP contribution in [0.3, 0.4) is 0 Å². The van der Waals surface area contributed by atoms with E-state index in [-0.39, 0.29) is 23.6 Å². The van der Waals surface area contributed by atoms with Gasteiger partial charge < -0.3 is 10.6 Å². The van der Waals surface area contributed by atoms with Crippen molar-refractivity contribution in [3.05, 3.63) is 93.5 Å². The molecule has 3 aromatic rings. The fourth-order valence-corrected chi connectivity index (χ4v) is 8.02. The number of carbonyl (C=O) groups excluding carboxylic acids is 3. The number of hydrogen-bond acceptors (Lipinski definition) is 4. The first-order chi connectivity index (χ1) is 18.0. The molecule has 0 bridgehead atoms. The summed E-state index contributed by atoms with van der Waals surface area (Å²) < 4.78 is 0.879. The molecule has 0 aromatic heterocycles. The highest BCUT2D eigenvalue weighted by Crippen LogP contribution is 2.68. The highest BCUT2D eigenvalue weighted by atomic mass is 79.9. The molecule has 6 nitrogen and oxygen atoms in total. The minimum atomic E-state index is -1.40. The maximum absolute atomic E-state index is 14.5. The van der Waals surface area contributed by atoms with E-state index in [0.29, 0.717) is 17.8 Å². The van der Waals surface area contributed by atoms with E-state index in [4.69, 9.17) is 0 Å². The monoisotopic (exact) mass is 555 g/mol. The molecule has 186 valence electrons. The van der Waals surface area contributed by atoms with E-state index in [9.17, 15) is 14.4 Å². The maximum atomic E-state index is 14.5. The minimum absolute atomic E-state index is 0.0963. The highest BCUT2D eigenvalue weighted by molar-refractivity contribution is 9.10. The molecule has 4 aliphatic rings.